The van der Waals surface area contributed by atoms with Crippen molar-refractivity contribution in [2.75, 3.05) is 13.2 Å². The maximum atomic E-state index is 13.4. The lowest BCUT2D eigenvalue weighted by Crippen LogP contribution is -2.42. The summed E-state index contributed by atoms with van der Waals surface area (Å²) < 4.78 is 26.3. The van der Waals surface area contributed by atoms with Crippen molar-refractivity contribution in [2.45, 2.75) is 25.1 Å². The Hall–Kier alpha value is -4.41. The zero-order valence-electron chi connectivity index (χ0n) is 21.2. The molecule has 3 heterocycles. The van der Waals surface area contributed by atoms with Crippen LogP contribution in [0.5, 0.6) is 11.5 Å². The van der Waals surface area contributed by atoms with Gasteiger partial charge in [0.2, 0.25) is 0 Å². The number of halogens is 2. The van der Waals surface area contributed by atoms with E-state index >= 15 is 0 Å². The molecule has 5 aromatic rings. The van der Waals surface area contributed by atoms with Gasteiger partial charge in [0.25, 0.3) is 0 Å². The van der Waals surface area contributed by atoms with Crippen LogP contribution in [0.25, 0.3) is 10.9 Å². The molecule has 3 aromatic carbocycles. The van der Waals surface area contributed by atoms with Crippen LogP contribution in [0.2, 0.25) is 5.02 Å². The first-order valence-electron chi connectivity index (χ1n) is 12.7. The predicted octanol–water partition coefficient (Wildman–Crippen LogP) is 5.14. The molecule has 1 amide bonds. The van der Waals surface area contributed by atoms with E-state index < -0.39 is 24.1 Å². The van der Waals surface area contributed by atoms with Crippen LogP contribution in [0.1, 0.15) is 22.9 Å². The lowest BCUT2D eigenvalue weighted by molar-refractivity contribution is 0.0888. The first kappa shape index (κ1) is 25.8. The molecule has 6 rings (SSSR count). The molecule has 0 fully saturated rings. The Balaban J connectivity index is 1.27. The number of carbonyl (C=O) groups is 1. The number of amides is 1. The van der Waals surface area contributed by atoms with Crippen molar-refractivity contribution in [2.24, 2.45) is 0 Å². The van der Waals surface area contributed by atoms with Gasteiger partial charge in [-0.1, -0.05) is 28.9 Å². The highest BCUT2D eigenvalue weighted by Gasteiger charge is 2.35. The van der Waals surface area contributed by atoms with Crippen LogP contribution in [0.4, 0.5) is 9.18 Å². The fourth-order valence-corrected chi connectivity index (χ4v) is 5.18. The van der Waals surface area contributed by atoms with Crippen LogP contribution in [-0.4, -0.2) is 55.3 Å². The third kappa shape index (κ3) is 5.36. The zero-order valence-corrected chi connectivity index (χ0v) is 22.0. The standard InChI is InChI=1S/C29H25ClFN5O4/c30-19-3-10-26-25(15-19)24-11-13-36(29(38)40-23-8-4-20(31)5-9-23)28(27(24)33-26)18-1-6-22(7-2-18)39-17-21(37)16-35-14-12-32-34-35/h1-10,12,14-15,21,28,33,37H,11,13,16-17H2. The van der Waals surface area contributed by atoms with E-state index in [2.05, 4.69) is 15.3 Å². The lowest BCUT2D eigenvalue weighted by Gasteiger charge is -2.35. The molecule has 2 N–H and O–H groups in total. The number of aliphatic hydroxyl groups is 1. The van der Waals surface area contributed by atoms with Crippen molar-refractivity contribution in [3.8, 4) is 11.5 Å². The average molecular weight is 562 g/mol. The predicted molar refractivity (Wildman–Crippen MR) is 146 cm³/mol. The van der Waals surface area contributed by atoms with E-state index in [1.165, 1.54) is 28.9 Å². The minimum Gasteiger partial charge on any atom is -0.491 e. The van der Waals surface area contributed by atoms with Gasteiger partial charge in [-0.2, -0.15) is 0 Å². The highest BCUT2D eigenvalue weighted by atomic mass is 35.5. The highest BCUT2D eigenvalue weighted by Crippen LogP contribution is 2.40. The van der Waals surface area contributed by atoms with Crippen molar-refractivity contribution in [3.05, 3.63) is 107 Å². The summed E-state index contributed by atoms with van der Waals surface area (Å²) in [5.41, 5.74) is 3.72. The normalized spacial score (nSPS) is 15.6. The number of H-pyrrole nitrogens is 1. The van der Waals surface area contributed by atoms with Gasteiger partial charge in [0.1, 0.15) is 36.1 Å². The molecule has 11 heteroatoms. The molecule has 2 atom stereocenters. The number of aromatic nitrogens is 4. The Bertz CT molecular complexity index is 1620. The van der Waals surface area contributed by atoms with Crippen LogP contribution in [0, 0.1) is 5.82 Å². The van der Waals surface area contributed by atoms with Gasteiger partial charge < -0.3 is 19.6 Å². The first-order valence-corrected chi connectivity index (χ1v) is 13.1. The third-order valence-electron chi connectivity index (χ3n) is 6.85. The number of hydrogen-bond acceptors (Lipinski definition) is 6. The monoisotopic (exact) mass is 561 g/mol. The second-order valence-corrected chi connectivity index (χ2v) is 9.97. The molecule has 0 radical (unpaired) electrons. The molecule has 2 aromatic heterocycles. The Morgan fingerprint density at radius 2 is 1.90 bits per heavy atom. The van der Waals surface area contributed by atoms with E-state index in [9.17, 15) is 14.3 Å². The van der Waals surface area contributed by atoms with Gasteiger partial charge in [-0.05, 0) is 72.1 Å². The fourth-order valence-electron chi connectivity index (χ4n) is 5.00. The summed E-state index contributed by atoms with van der Waals surface area (Å²) in [5.74, 6) is 0.416. The van der Waals surface area contributed by atoms with Gasteiger partial charge >= 0.3 is 6.09 Å². The molecule has 1 aliphatic rings. The summed E-state index contributed by atoms with van der Waals surface area (Å²) in [6, 6.07) is 17.9. The second-order valence-electron chi connectivity index (χ2n) is 9.53. The minimum absolute atomic E-state index is 0.0751. The first-order chi connectivity index (χ1) is 19.4. The molecule has 204 valence electrons. The summed E-state index contributed by atoms with van der Waals surface area (Å²) in [6.07, 6.45) is 2.51. The SMILES string of the molecule is O=C(Oc1ccc(F)cc1)N1CCc2c([nH]c3ccc(Cl)cc23)C1c1ccc(OCC(O)Cn2ccnn2)cc1. The average Bonchev–Trinajstić information content (AvgIpc) is 3.60. The fraction of sp³-hybridized carbons (Fsp3) is 0.207. The lowest BCUT2D eigenvalue weighted by atomic mass is 9.92. The largest absolute Gasteiger partial charge is 0.491 e. The molecule has 9 nitrogen and oxygen atoms in total. The van der Waals surface area contributed by atoms with Crippen LogP contribution >= 0.6 is 11.6 Å². The molecular formula is C29H25ClFN5O4. The number of benzene rings is 3. The highest BCUT2D eigenvalue weighted by molar-refractivity contribution is 6.31. The van der Waals surface area contributed by atoms with E-state index in [0.29, 0.717) is 23.7 Å². The van der Waals surface area contributed by atoms with Crippen LogP contribution in [-0.2, 0) is 13.0 Å². The molecule has 0 spiro atoms. The maximum Gasteiger partial charge on any atom is 0.416 e. The second kappa shape index (κ2) is 11.0. The molecule has 2 unspecified atom stereocenters. The molecule has 40 heavy (non-hydrogen) atoms. The van der Waals surface area contributed by atoms with Gasteiger partial charge in [0.05, 0.1) is 12.7 Å². The third-order valence-corrected chi connectivity index (χ3v) is 7.09. The van der Waals surface area contributed by atoms with Crippen molar-refractivity contribution in [1.29, 1.82) is 0 Å². The van der Waals surface area contributed by atoms with Gasteiger partial charge in [0.15, 0.2) is 0 Å². The maximum absolute atomic E-state index is 13.4. The Morgan fingerprint density at radius 3 is 2.65 bits per heavy atom. The number of carbonyl (C=O) groups excluding carboxylic acids is 1. The summed E-state index contributed by atoms with van der Waals surface area (Å²) in [5, 5.41) is 19.5. The summed E-state index contributed by atoms with van der Waals surface area (Å²) in [4.78, 5) is 18.5. The van der Waals surface area contributed by atoms with Gasteiger partial charge in [-0.15, -0.1) is 5.10 Å². The van der Waals surface area contributed by atoms with Crippen LogP contribution < -0.4 is 9.47 Å². The van der Waals surface area contributed by atoms with E-state index in [1.54, 1.807) is 29.4 Å². The number of aromatic amines is 1. The van der Waals surface area contributed by atoms with E-state index in [-0.39, 0.29) is 18.9 Å². The zero-order chi connectivity index (χ0) is 27.6. The Morgan fingerprint density at radius 1 is 1.12 bits per heavy atom. The summed E-state index contributed by atoms with van der Waals surface area (Å²) >= 11 is 6.30. The van der Waals surface area contributed by atoms with Gasteiger partial charge in [-0.3, -0.25) is 4.90 Å². The molecule has 0 saturated heterocycles. The Labute approximate surface area is 233 Å². The molecule has 1 aliphatic heterocycles. The summed E-state index contributed by atoms with van der Waals surface area (Å²) in [6.45, 7) is 0.744. The number of ether oxygens (including phenoxy) is 2. The van der Waals surface area contributed by atoms with E-state index in [0.717, 1.165) is 27.7 Å². The smallest absolute Gasteiger partial charge is 0.416 e. The number of hydrogen-bond donors (Lipinski definition) is 2. The van der Waals surface area contributed by atoms with Crippen molar-refractivity contribution in [3.63, 3.8) is 0 Å². The Kier molecular flexibility index (Phi) is 7.10. The minimum atomic E-state index is -0.767. The molecular weight excluding hydrogens is 537 g/mol. The molecule has 0 aliphatic carbocycles. The topological polar surface area (TPSA) is 106 Å². The number of nitrogens with one attached hydrogen (secondary N) is 1. The van der Waals surface area contributed by atoms with Crippen molar-refractivity contribution in [1.82, 2.24) is 24.9 Å². The van der Waals surface area contributed by atoms with E-state index in [4.69, 9.17) is 21.1 Å². The quantitative estimate of drug-likeness (QED) is 0.285. The number of aliphatic hydroxyl groups excluding tert-OH is 1. The molecule has 0 bridgehead atoms. The van der Waals surface area contributed by atoms with Gasteiger partial charge in [0, 0.05) is 34.4 Å². The number of nitrogens with zero attached hydrogens (tertiary/aromatic N) is 4. The summed E-state index contributed by atoms with van der Waals surface area (Å²) in [7, 11) is 0. The van der Waals surface area contributed by atoms with Crippen molar-refractivity contribution >= 4 is 28.6 Å². The number of rotatable bonds is 7. The van der Waals surface area contributed by atoms with Crippen molar-refractivity contribution < 1.29 is 23.8 Å². The van der Waals surface area contributed by atoms with Crippen LogP contribution in [0.15, 0.2) is 79.1 Å². The van der Waals surface area contributed by atoms with Gasteiger partial charge in [-0.25, -0.2) is 13.9 Å². The van der Waals surface area contributed by atoms with Crippen LogP contribution in [0.3, 0.4) is 0 Å². The number of fused-ring (bicyclic) bond motifs is 3. The van der Waals surface area contributed by atoms with E-state index in [1.807, 2.05) is 30.3 Å². The molecule has 0 saturated carbocycles.